The summed E-state index contributed by atoms with van der Waals surface area (Å²) in [5.74, 6) is 1.38. The Hall–Kier alpha value is -3.08. The second-order valence-electron chi connectivity index (χ2n) is 6.87. The van der Waals surface area contributed by atoms with E-state index < -0.39 is 0 Å². The molecule has 1 amide bonds. The molecule has 0 radical (unpaired) electrons. The minimum Gasteiger partial charge on any atom is -0.493 e. The quantitative estimate of drug-likeness (QED) is 0.713. The van der Waals surface area contributed by atoms with E-state index in [4.69, 9.17) is 9.47 Å². The molecule has 138 valence electrons. The van der Waals surface area contributed by atoms with Gasteiger partial charge in [0.25, 0.3) is 0 Å². The number of hydrogen-bond acceptors (Lipinski definition) is 4. The van der Waals surface area contributed by atoms with Gasteiger partial charge in [0, 0.05) is 31.4 Å². The first-order chi connectivity index (χ1) is 13.2. The third-order valence-electron chi connectivity index (χ3n) is 5.08. The number of nitrogens with zero attached hydrogens (tertiary/aromatic N) is 2. The molecule has 0 saturated heterocycles. The molecule has 0 aliphatic carbocycles. The number of ether oxygens (including phenoxy) is 2. The van der Waals surface area contributed by atoms with Crippen molar-refractivity contribution in [1.82, 2.24) is 9.88 Å². The van der Waals surface area contributed by atoms with Crippen LogP contribution in [-0.4, -0.2) is 36.6 Å². The Labute approximate surface area is 158 Å². The zero-order valence-corrected chi connectivity index (χ0v) is 15.5. The first kappa shape index (κ1) is 17.3. The highest BCUT2D eigenvalue weighted by Gasteiger charge is 2.29. The fourth-order valence-electron chi connectivity index (χ4n) is 3.69. The van der Waals surface area contributed by atoms with Crippen molar-refractivity contribution in [2.75, 3.05) is 20.8 Å². The van der Waals surface area contributed by atoms with Crippen LogP contribution in [0.25, 0.3) is 10.8 Å². The molecule has 1 aliphatic heterocycles. The van der Waals surface area contributed by atoms with Crippen LogP contribution in [0.4, 0.5) is 0 Å². The zero-order chi connectivity index (χ0) is 18.8. The van der Waals surface area contributed by atoms with E-state index in [0.29, 0.717) is 19.6 Å². The number of aromatic nitrogens is 1. The molecular formula is C22H22N2O3. The molecule has 4 rings (SSSR count). The van der Waals surface area contributed by atoms with E-state index in [-0.39, 0.29) is 11.8 Å². The van der Waals surface area contributed by atoms with Gasteiger partial charge < -0.3 is 14.4 Å². The lowest BCUT2D eigenvalue weighted by Crippen LogP contribution is -2.38. The average Bonchev–Trinajstić information content (AvgIpc) is 2.72. The van der Waals surface area contributed by atoms with Crippen molar-refractivity contribution in [3.8, 4) is 11.5 Å². The SMILES string of the molecule is COc1cccc2c1OCC(C(=O)N(C)Cc1cccc3cnccc13)C2. The monoisotopic (exact) mass is 362 g/mol. The highest BCUT2D eigenvalue weighted by Crippen LogP contribution is 2.36. The molecule has 2 heterocycles. The molecule has 2 aromatic carbocycles. The van der Waals surface area contributed by atoms with Crippen molar-refractivity contribution in [2.24, 2.45) is 5.92 Å². The molecule has 1 aromatic heterocycles. The summed E-state index contributed by atoms with van der Waals surface area (Å²) in [4.78, 5) is 19.0. The summed E-state index contributed by atoms with van der Waals surface area (Å²) >= 11 is 0. The molecule has 3 aromatic rings. The number of methoxy groups -OCH3 is 1. The van der Waals surface area contributed by atoms with Gasteiger partial charge in [0.15, 0.2) is 11.5 Å². The fourth-order valence-corrected chi connectivity index (χ4v) is 3.69. The van der Waals surface area contributed by atoms with E-state index in [1.54, 1.807) is 18.2 Å². The third-order valence-corrected chi connectivity index (χ3v) is 5.08. The number of rotatable bonds is 4. The van der Waals surface area contributed by atoms with Crippen LogP contribution in [0.15, 0.2) is 54.9 Å². The molecular weight excluding hydrogens is 340 g/mol. The number of fused-ring (bicyclic) bond motifs is 2. The molecule has 0 N–H and O–H groups in total. The molecule has 1 unspecified atom stereocenters. The van der Waals surface area contributed by atoms with Gasteiger partial charge in [-0.15, -0.1) is 0 Å². The normalized spacial score (nSPS) is 15.7. The van der Waals surface area contributed by atoms with Crippen molar-refractivity contribution in [1.29, 1.82) is 0 Å². The zero-order valence-electron chi connectivity index (χ0n) is 15.5. The lowest BCUT2D eigenvalue weighted by atomic mass is 9.95. The molecule has 0 bridgehead atoms. The maximum atomic E-state index is 13.0. The minimum atomic E-state index is -0.189. The van der Waals surface area contributed by atoms with Crippen LogP contribution < -0.4 is 9.47 Å². The summed E-state index contributed by atoms with van der Waals surface area (Å²) in [6, 6.07) is 13.9. The number of carbonyl (C=O) groups is 1. The lowest BCUT2D eigenvalue weighted by molar-refractivity contribution is -0.136. The first-order valence-electron chi connectivity index (χ1n) is 9.02. The Morgan fingerprint density at radius 2 is 2.11 bits per heavy atom. The Bertz CT molecular complexity index is 981. The maximum Gasteiger partial charge on any atom is 0.229 e. The maximum absolute atomic E-state index is 13.0. The summed E-state index contributed by atoms with van der Waals surface area (Å²) in [6.07, 6.45) is 4.29. The predicted octanol–water partition coefficient (Wildman–Crippen LogP) is 3.45. The van der Waals surface area contributed by atoms with Crippen LogP contribution >= 0.6 is 0 Å². The topological polar surface area (TPSA) is 51.7 Å². The van der Waals surface area contributed by atoms with Gasteiger partial charge in [-0.1, -0.05) is 30.3 Å². The Kier molecular flexibility index (Phi) is 4.67. The van der Waals surface area contributed by atoms with Gasteiger partial charge in [-0.3, -0.25) is 9.78 Å². The number of para-hydroxylation sites is 1. The number of hydrogen-bond donors (Lipinski definition) is 0. The van der Waals surface area contributed by atoms with Crippen LogP contribution in [0.2, 0.25) is 0 Å². The minimum absolute atomic E-state index is 0.0922. The summed E-state index contributed by atoms with van der Waals surface area (Å²) in [6.45, 7) is 0.928. The molecule has 0 spiro atoms. The predicted molar refractivity (Wildman–Crippen MR) is 104 cm³/mol. The second-order valence-corrected chi connectivity index (χ2v) is 6.87. The largest absolute Gasteiger partial charge is 0.493 e. The Morgan fingerprint density at radius 1 is 1.26 bits per heavy atom. The first-order valence-corrected chi connectivity index (χ1v) is 9.02. The second kappa shape index (κ2) is 7.27. The molecule has 1 aliphatic rings. The van der Waals surface area contributed by atoms with Gasteiger partial charge in [-0.05, 0) is 35.1 Å². The van der Waals surface area contributed by atoms with Crippen LogP contribution in [-0.2, 0) is 17.8 Å². The number of amides is 1. The van der Waals surface area contributed by atoms with Crippen LogP contribution in [0, 0.1) is 5.92 Å². The lowest BCUT2D eigenvalue weighted by Gasteiger charge is -2.29. The summed E-state index contributed by atoms with van der Waals surface area (Å²) in [5.41, 5.74) is 2.13. The van der Waals surface area contributed by atoms with E-state index in [2.05, 4.69) is 11.1 Å². The van der Waals surface area contributed by atoms with Gasteiger partial charge in [0.05, 0.1) is 13.0 Å². The van der Waals surface area contributed by atoms with Crippen LogP contribution in [0.3, 0.4) is 0 Å². The Morgan fingerprint density at radius 3 is 2.96 bits per heavy atom. The number of pyridine rings is 1. The van der Waals surface area contributed by atoms with Crippen molar-refractivity contribution < 1.29 is 14.3 Å². The third kappa shape index (κ3) is 3.33. The van der Waals surface area contributed by atoms with E-state index in [1.807, 2.05) is 49.6 Å². The van der Waals surface area contributed by atoms with Crippen molar-refractivity contribution in [3.63, 3.8) is 0 Å². The molecule has 0 saturated carbocycles. The van der Waals surface area contributed by atoms with Crippen LogP contribution in [0.5, 0.6) is 11.5 Å². The van der Waals surface area contributed by atoms with Gasteiger partial charge >= 0.3 is 0 Å². The van der Waals surface area contributed by atoms with E-state index >= 15 is 0 Å². The van der Waals surface area contributed by atoms with Gasteiger partial charge in [0.1, 0.15) is 6.61 Å². The standard InChI is InChI=1S/C22H22N2O3/c1-24(13-17-7-3-6-16-12-23-10-9-19(16)17)22(25)18-11-15-5-4-8-20(26-2)21(15)27-14-18/h3-10,12,18H,11,13-14H2,1-2H3. The Balaban J connectivity index is 1.51. The van der Waals surface area contributed by atoms with Gasteiger partial charge in [-0.25, -0.2) is 0 Å². The molecule has 5 nitrogen and oxygen atoms in total. The fraction of sp³-hybridized carbons (Fsp3) is 0.273. The van der Waals surface area contributed by atoms with Gasteiger partial charge in [0.2, 0.25) is 5.91 Å². The highest BCUT2D eigenvalue weighted by molar-refractivity contribution is 5.85. The van der Waals surface area contributed by atoms with Gasteiger partial charge in [-0.2, -0.15) is 0 Å². The molecule has 5 heteroatoms. The van der Waals surface area contributed by atoms with E-state index in [0.717, 1.165) is 33.4 Å². The number of carbonyl (C=O) groups excluding carboxylic acids is 1. The molecule has 0 fully saturated rings. The molecule has 27 heavy (non-hydrogen) atoms. The van der Waals surface area contributed by atoms with Crippen LogP contribution in [0.1, 0.15) is 11.1 Å². The number of benzene rings is 2. The van der Waals surface area contributed by atoms with Crippen molar-refractivity contribution in [3.05, 3.63) is 66.0 Å². The summed E-state index contributed by atoms with van der Waals surface area (Å²) in [5, 5.41) is 2.21. The summed E-state index contributed by atoms with van der Waals surface area (Å²) < 4.78 is 11.2. The molecule has 1 atom stereocenters. The van der Waals surface area contributed by atoms with E-state index in [9.17, 15) is 4.79 Å². The highest BCUT2D eigenvalue weighted by atomic mass is 16.5. The van der Waals surface area contributed by atoms with E-state index in [1.165, 1.54) is 0 Å². The summed E-state index contributed by atoms with van der Waals surface area (Å²) in [7, 11) is 3.48. The van der Waals surface area contributed by atoms with Crippen molar-refractivity contribution in [2.45, 2.75) is 13.0 Å². The average molecular weight is 362 g/mol. The smallest absolute Gasteiger partial charge is 0.229 e. The van der Waals surface area contributed by atoms with Crippen molar-refractivity contribution >= 4 is 16.7 Å².